The van der Waals surface area contributed by atoms with E-state index < -0.39 is 0 Å². The van der Waals surface area contributed by atoms with Crippen molar-refractivity contribution in [3.8, 4) is 0 Å². The summed E-state index contributed by atoms with van der Waals surface area (Å²) < 4.78 is 0. The van der Waals surface area contributed by atoms with Crippen LogP contribution in [0.15, 0.2) is 11.6 Å². The molecule has 17 heavy (non-hydrogen) atoms. The highest BCUT2D eigenvalue weighted by atomic mass is 16.1. The lowest BCUT2D eigenvalue weighted by Crippen LogP contribution is -2.50. The molecule has 0 atom stereocenters. The maximum atomic E-state index is 12.8. The molecule has 0 aromatic carbocycles. The van der Waals surface area contributed by atoms with Gasteiger partial charge in [-0.2, -0.15) is 0 Å². The molecule has 0 aromatic rings. The van der Waals surface area contributed by atoms with Gasteiger partial charge in [0.15, 0.2) is 5.78 Å². The zero-order valence-electron chi connectivity index (χ0n) is 10.6. The number of allylic oxidation sites excluding steroid dienone is 2. The van der Waals surface area contributed by atoms with E-state index in [4.69, 9.17) is 0 Å². The van der Waals surface area contributed by atoms with Crippen LogP contribution in [0, 0.1) is 23.2 Å². The number of hydrogen-bond acceptors (Lipinski definition) is 1. The Bertz CT molecular complexity index is 355. The number of rotatable bonds is 2. The van der Waals surface area contributed by atoms with Crippen LogP contribution < -0.4 is 0 Å². The van der Waals surface area contributed by atoms with Crippen molar-refractivity contribution in [2.45, 2.75) is 57.8 Å². The van der Waals surface area contributed by atoms with Crippen molar-refractivity contribution >= 4 is 5.78 Å². The first-order chi connectivity index (χ1) is 8.25. The van der Waals surface area contributed by atoms with E-state index in [1.165, 1.54) is 50.5 Å². The average molecular weight is 230 g/mol. The minimum absolute atomic E-state index is 0.116. The average Bonchev–Trinajstić information content (AvgIpc) is 2.79. The van der Waals surface area contributed by atoms with E-state index in [0.717, 1.165) is 30.6 Å². The topological polar surface area (TPSA) is 17.1 Å². The number of ketones is 1. The maximum Gasteiger partial charge on any atom is 0.164 e. The summed E-state index contributed by atoms with van der Waals surface area (Å²) in [5.74, 6) is 3.26. The van der Waals surface area contributed by atoms with Gasteiger partial charge in [-0.15, -0.1) is 0 Å². The molecule has 0 spiro atoms. The van der Waals surface area contributed by atoms with Crippen LogP contribution in [0.5, 0.6) is 0 Å². The van der Waals surface area contributed by atoms with Crippen LogP contribution in [0.2, 0.25) is 0 Å². The Hall–Kier alpha value is -0.590. The molecule has 0 radical (unpaired) electrons. The number of carbonyl (C=O) groups is 1. The first-order valence-corrected chi connectivity index (χ1v) is 7.49. The van der Waals surface area contributed by atoms with Gasteiger partial charge in [-0.1, -0.05) is 6.08 Å². The van der Waals surface area contributed by atoms with Gasteiger partial charge < -0.3 is 0 Å². The third-order valence-electron chi connectivity index (χ3n) is 5.85. The molecule has 1 nitrogen and oxygen atoms in total. The van der Waals surface area contributed by atoms with Gasteiger partial charge in [0.25, 0.3) is 0 Å². The van der Waals surface area contributed by atoms with Crippen LogP contribution in [0.4, 0.5) is 0 Å². The lowest BCUT2D eigenvalue weighted by atomic mass is 9.48. The normalized spacial score (nSPS) is 47.3. The van der Waals surface area contributed by atoms with Crippen molar-refractivity contribution in [1.82, 2.24) is 0 Å². The monoisotopic (exact) mass is 230 g/mol. The molecule has 5 rings (SSSR count). The van der Waals surface area contributed by atoms with Crippen molar-refractivity contribution in [2.75, 3.05) is 0 Å². The van der Waals surface area contributed by atoms with Crippen molar-refractivity contribution in [3.05, 3.63) is 11.6 Å². The van der Waals surface area contributed by atoms with Crippen molar-refractivity contribution < 1.29 is 4.79 Å². The Balaban J connectivity index is 1.65. The Kier molecular flexibility index (Phi) is 2.11. The summed E-state index contributed by atoms with van der Waals surface area (Å²) in [6, 6.07) is 0. The molecular formula is C16H22O. The zero-order chi connectivity index (χ0) is 11.5. The van der Waals surface area contributed by atoms with E-state index in [2.05, 4.69) is 6.08 Å². The van der Waals surface area contributed by atoms with Crippen LogP contribution in [0.3, 0.4) is 0 Å². The number of hydrogen-bond donors (Lipinski definition) is 0. The van der Waals surface area contributed by atoms with Crippen LogP contribution in [0.1, 0.15) is 57.8 Å². The third kappa shape index (κ3) is 1.47. The van der Waals surface area contributed by atoms with Crippen molar-refractivity contribution in [2.24, 2.45) is 23.2 Å². The van der Waals surface area contributed by atoms with E-state index in [9.17, 15) is 4.79 Å². The number of Topliss-reactive ketones (excluding diaryl/α,β-unsaturated/α-hetero) is 1. The van der Waals surface area contributed by atoms with Gasteiger partial charge in [0.1, 0.15) is 0 Å². The molecule has 0 amide bonds. The van der Waals surface area contributed by atoms with Gasteiger partial charge in [0.2, 0.25) is 0 Å². The van der Waals surface area contributed by atoms with Crippen LogP contribution >= 0.6 is 0 Å². The zero-order valence-corrected chi connectivity index (χ0v) is 10.6. The summed E-state index contributed by atoms with van der Waals surface area (Å²) in [7, 11) is 0. The smallest absolute Gasteiger partial charge is 0.164 e. The van der Waals surface area contributed by atoms with Crippen LogP contribution in [0.25, 0.3) is 0 Å². The Morgan fingerprint density at radius 3 is 2.12 bits per heavy atom. The minimum Gasteiger partial charge on any atom is -0.294 e. The fourth-order valence-electron chi connectivity index (χ4n) is 5.61. The van der Waals surface area contributed by atoms with Gasteiger partial charge >= 0.3 is 0 Å². The highest BCUT2D eigenvalue weighted by molar-refractivity contribution is 6.00. The summed E-state index contributed by atoms with van der Waals surface area (Å²) in [5.41, 5.74) is 1.32. The molecule has 1 heteroatoms. The standard InChI is InChI=1S/C16H22O/c17-15(14-3-1-2-4-14)16-8-11-5-12(9-16)7-13(6-11)10-16/h3,11-13H,1-2,4-10H2. The molecule has 4 fully saturated rings. The third-order valence-corrected chi connectivity index (χ3v) is 5.85. The van der Waals surface area contributed by atoms with Gasteiger partial charge in [-0.05, 0) is 81.1 Å². The van der Waals surface area contributed by atoms with Gasteiger partial charge in [-0.25, -0.2) is 0 Å². The second-order valence-electron chi connectivity index (χ2n) is 7.15. The molecule has 5 aliphatic carbocycles. The van der Waals surface area contributed by atoms with Gasteiger partial charge in [-0.3, -0.25) is 4.79 Å². The fraction of sp³-hybridized carbons (Fsp3) is 0.812. The van der Waals surface area contributed by atoms with Crippen molar-refractivity contribution in [3.63, 3.8) is 0 Å². The highest BCUT2D eigenvalue weighted by Gasteiger charge is 2.54. The van der Waals surface area contributed by atoms with E-state index >= 15 is 0 Å². The molecule has 5 aliphatic rings. The molecular weight excluding hydrogens is 208 g/mol. The lowest BCUT2D eigenvalue weighted by Gasteiger charge is -2.56. The predicted molar refractivity (Wildman–Crippen MR) is 67.5 cm³/mol. The fourth-order valence-corrected chi connectivity index (χ4v) is 5.61. The molecule has 0 unspecified atom stereocenters. The molecule has 0 heterocycles. The maximum absolute atomic E-state index is 12.8. The van der Waals surface area contributed by atoms with Crippen LogP contribution in [-0.2, 0) is 4.79 Å². The van der Waals surface area contributed by atoms with Gasteiger partial charge in [0.05, 0.1) is 0 Å². The molecule has 0 N–H and O–H groups in total. The Morgan fingerprint density at radius 2 is 1.65 bits per heavy atom. The highest BCUT2D eigenvalue weighted by Crippen LogP contribution is 2.61. The van der Waals surface area contributed by atoms with Crippen LogP contribution in [-0.4, -0.2) is 5.78 Å². The molecule has 4 saturated carbocycles. The van der Waals surface area contributed by atoms with E-state index in [-0.39, 0.29) is 5.41 Å². The number of carbonyl (C=O) groups excluding carboxylic acids is 1. The summed E-state index contributed by atoms with van der Waals surface area (Å²) in [6.45, 7) is 0. The van der Waals surface area contributed by atoms with Crippen molar-refractivity contribution in [1.29, 1.82) is 0 Å². The SMILES string of the molecule is O=C(C1=CCCC1)C12CC3CC(CC(C3)C1)C2. The molecule has 0 aromatic heterocycles. The molecule has 0 saturated heterocycles. The minimum atomic E-state index is 0.116. The quantitative estimate of drug-likeness (QED) is 0.703. The summed E-state index contributed by atoms with van der Waals surface area (Å²) in [4.78, 5) is 12.8. The largest absolute Gasteiger partial charge is 0.294 e. The Morgan fingerprint density at radius 1 is 1.06 bits per heavy atom. The molecule has 92 valence electrons. The van der Waals surface area contributed by atoms with E-state index in [0.29, 0.717) is 5.78 Å². The molecule has 4 bridgehead atoms. The first kappa shape index (κ1) is 10.3. The first-order valence-electron chi connectivity index (χ1n) is 7.49. The Labute approximate surface area is 104 Å². The van der Waals surface area contributed by atoms with Gasteiger partial charge in [0, 0.05) is 5.41 Å². The summed E-state index contributed by atoms with van der Waals surface area (Å²) >= 11 is 0. The second kappa shape index (κ2) is 3.46. The van der Waals surface area contributed by atoms with E-state index in [1.54, 1.807) is 0 Å². The summed E-state index contributed by atoms with van der Waals surface area (Å²) in [6.07, 6.45) is 13.7. The lowest BCUT2D eigenvalue weighted by molar-refractivity contribution is -0.139. The second-order valence-corrected chi connectivity index (χ2v) is 7.15. The predicted octanol–water partition coefficient (Wildman–Crippen LogP) is 3.88. The molecule has 0 aliphatic heterocycles. The summed E-state index contributed by atoms with van der Waals surface area (Å²) in [5, 5.41) is 0. The van der Waals surface area contributed by atoms with E-state index in [1.807, 2.05) is 0 Å².